The second-order valence-corrected chi connectivity index (χ2v) is 9.08. The fourth-order valence-corrected chi connectivity index (χ4v) is 3.21. The van der Waals surface area contributed by atoms with E-state index in [4.69, 9.17) is 4.74 Å². The molecule has 0 spiro atoms. The Bertz CT molecular complexity index is 900. The van der Waals surface area contributed by atoms with Crippen molar-refractivity contribution in [3.05, 3.63) is 78.9 Å². The van der Waals surface area contributed by atoms with Gasteiger partial charge in [-0.1, -0.05) is 30.3 Å². The first-order valence-corrected chi connectivity index (χ1v) is 11.4. The maximum absolute atomic E-state index is 10.7. The van der Waals surface area contributed by atoms with Gasteiger partial charge in [-0.2, -0.15) is 0 Å². The van der Waals surface area contributed by atoms with Gasteiger partial charge >= 0.3 is 33.0 Å². The van der Waals surface area contributed by atoms with E-state index in [1.54, 1.807) is 0 Å². The third-order valence-electron chi connectivity index (χ3n) is 3.38. The van der Waals surface area contributed by atoms with Crippen molar-refractivity contribution in [3.63, 3.8) is 0 Å². The summed E-state index contributed by atoms with van der Waals surface area (Å²) in [6, 6.07) is 27.5. The summed E-state index contributed by atoms with van der Waals surface area (Å²) < 4.78 is 64.7. The van der Waals surface area contributed by atoms with Crippen molar-refractivity contribution in [3.8, 4) is 16.9 Å². The summed E-state index contributed by atoms with van der Waals surface area (Å²) >= 11 is 1.24. The van der Waals surface area contributed by atoms with E-state index in [-0.39, 0.29) is 0 Å². The summed E-state index contributed by atoms with van der Waals surface area (Å²) in [6.07, 6.45) is 0. The van der Waals surface area contributed by atoms with E-state index in [1.807, 2.05) is 25.1 Å². The van der Waals surface area contributed by atoms with Crippen LogP contribution < -0.4 is 4.74 Å². The van der Waals surface area contributed by atoms with Crippen LogP contribution in [0.5, 0.6) is 5.75 Å². The van der Waals surface area contributed by atoms with Crippen LogP contribution in [0, 0.1) is 0 Å². The molecule has 0 bridgehead atoms. The normalized spacial score (nSPS) is 13.5. The Kier molecular flexibility index (Phi) is 6.60. The van der Waals surface area contributed by atoms with Gasteiger partial charge in [0, 0.05) is 11.8 Å². The zero-order chi connectivity index (χ0) is 21.6. The third kappa shape index (κ3) is 10.8. The minimum atomic E-state index is -10.7. The van der Waals surface area contributed by atoms with Gasteiger partial charge in [-0.15, -0.1) is 0 Å². The van der Waals surface area contributed by atoms with Crippen molar-refractivity contribution < 1.29 is 29.9 Å². The molecule has 3 aromatic carbocycles. The number of hydrogen-bond acceptors (Lipinski definition) is 1. The molecule has 0 amide bonds. The average molecular weight is 452 g/mol. The molecular formula is C20H19F6OPS. The van der Waals surface area contributed by atoms with Gasteiger partial charge in [-0.25, -0.2) is 0 Å². The predicted octanol–water partition coefficient (Wildman–Crippen LogP) is 8.37. The van der Waals surface area contributed by atoms with E-state index in [0.717, 1.165) is 5.75 Å². The Morgan fingerprint density at radius 3 is 1.52 bits per heavy atom. The molecule has 3 rings (SSSR count). The van der Waals surface area contributed by atoms with E-state index < -0.39 is 7.81 Å². The summed E-state index contributed by atoms with van der Waals surface area (Å²) in [6.45, 7) is 2.70. The van der Waals surface area contributed by atoms with Crippen LogP contribution >= 0.6 is 7.81 Å². The number of thiol groups is 1. The molecule has 0 heterocycles. The van der Waals surface area contributed by atoms with Gasteiger partial charge in [-0.05, 0) is 66.6 Å². The van der Waals surface area contributed by atoms with Crippen LogP contribution in [0.3, 0.4) is 0 Å². The quantitative estimate of drug-likeness (QED) is 0.164. The number of hydrogen-bond donors (Lipinski definition) is 0. The molecule has 0 saturated heterocycles. The predicted molar refractivity (Wildman–Crippen MR) is 108 cm³/mol. The number of halogens is 6. The zero-order valence-electron chi connectivity index (χ0n) is 15.3. The molecule has 0 radical (unpaired) electrons. The van der Waals surface area contributed by atoms with Crippen LogP contribution in [-0.2, 0) is 11.8 Å². The molecule has 29 heavy (non-hydrogen) atoms. The van der Waals surface area contributed by atoms with Crippen LogP contribution in [0.15, 0.2) is 88.7 Å². The summed E-state index contributed by atoms with van der Waals surface area (Å²) in [5.41, 5.74) is 2.45. The Morgan fingerprint density at radius 2 is 1.07 bits per heavy atom. The molecule has 0 aliphatic carbocycles. The second kappa shape index (κ2) is 8.28. The van der Waals surface area contributed by atoms with Gasteiger partial charge in [0.05, 0.1) is 6.61 Å². The van der Waals surface area contributed by atoms with Gasteiger partial charge in [0.15, 0.2) is 9.79 Å². The van der Waals surface area contributed by atoms with Crippen molar-refractivity contribution in [2.24, 2.45) is 0 Å². The van der Waals surface area contributed by atoms with E-state index in [2.05, 4.69) is 60.7 Å². The molecule has 0 N–H and O–H groups in total. The maximum atomic E-state index is 9.87. The van der Waals surface area contributed by atoms with E-state index in [1.165, 1.54) is 32.7 Å². The first-order valence-electron chi connectivity index (χ1n) is 8.46. The van der Waals surface area contributed by atoms with Gasteiger partial charge in [0.1, 0.15) is 5.75 Å². The fourth-order valence-electron chi connectivity index (χ4n) is 2.29. The number of benzene rings is 3. The Balaban J connectivity index is 0.000000370. The van der Waals surface area contributed by atoms with Crippen molar-refractivity contribution in [1.82, 2.24) is 0 Å². The molecule has 158 valence electrons. The molecule has 0 atom stereocenters. The monoisotopic (exact) mass is 452 g/mol. The molecule has 0 aromatic heterocycles. The van der Waals surface area contributed by atoms with Crippen molar-refractivity contribution in [2.45, 2.75) is 16.7 Å². The summed E-state index contributed by atoms with van der Waals surface area (Å²) in [5, 5.41) is 0. The van der Waals surface area contributed by atoms with E-state index in [9.17, 15) is 25.2 Å². The summed E-state index contributed by atoms with van der Waals surface area (Å²) in [4.78, 5) is 2.62. The van der Waals surface area contributed by atoms with Crippen LogP contribution in [0.2, 0.25) is 0 Å². The molecule has 0 unspecified atom stereocenters. The van der Waals surface area contributed by atoms with Gasteiger partial charge < -0.3 is 4.74 Å². The molecule has 3 aromatic rings. The number of rotatable bonds is 5. The van der Waals surface area contributed by atoms with Gasteiger partial charge in [-0.3, -0.25) is 0 Å². The van der Waals surface area contributed by atoms with Crippen LogP contribution in [0.4, 0.5) is 25.2 Å². The second-order valence-electron chi connectivity index (χ2n) is 5.91. The topological polar surface area (TPSA) is 9.23 Å². The van der Waals surface area contributed by atoms with Crippen molar-refractivity contribution in [1.29, 1.82) is 0 Å². The standard InChI is InChI=1S/C20H18OS.F6P/c1-2-21-18-12-8-16(9-13-18)17-10-14-20(15-11-17)22-19-6-4-3-5-7-19;1-7(2,3,4,5)6/h3-15H,2H2,1H3;/q;-1/p+1. The van der Waals surface area contributed by atoms with E-state index in [0.29, 0.717) is 6.61 Å². The first-order chi connectivity index (χ1) is 13.3. The van der Waals surface area contributed by atoms with Crippen molar-refractivity contribution >= 4 is 19.6 Å². The SMILES string of the molecule is CCOc1ccc(-c2ccc([SH+]c3ccccc3)cc2)cc1.F[P-](F)(F)(F)(F)F. The van der Waals surface area contributed by atoms with Crippen LogP contribution in [0.1, 0.15) is 6.92 Å². The van der Waals surface area contributed by atoms with Crippen LogP contribution in [-0.4, -0.2) is 6.61 Å². The zero-order valence-corrected chi connectivity index (χ0v) is 17.1. The van der Waals surface area contributed by atoms with Gasteiger partial charge in [0.25, 0.3) is 0 Å². The van der Waals surface area contributed by atoms with Crippen LogP contribution in [0.25, 0.3) is 11.1 Å². The molecule has 0 saturated carbocycles. The summed E-state index contributed by atoms with van der Waals surface area (Å²) in [7, 11) is -10.7. The minimum absolute atomic E-state index is 0.701. The fraction of sp³-hybridized carbons (Fsp3) is 0.100. The third-order valence-corrected chi connectivity index (χ3v) is 4.49. The average Bonchev–Trinajstić information content (AvgIpc) is 2.62. The Hall–Kier alpha value is -2.18. The van der Waals surface area contributed by atoms with Crippen molar-refractivity contribution in [2.75, 3.05) is 6.61 Å². The molecule has 1 nitrogen and oxygen atoms in total. The Labute approximate surface area is 168 Å². The molecule has 0 aliphatic rings. The van der Waals surface area contributed by atoms with E-state index >= 15 is 0 Å². The molecule has 9 heteroatoms. The van der Waals surface area contributed by atoms with Gasteiger partial charge in [0.2, 0.25) is 0 Å². The first kappa shape index (κ1) is 23.1. The summed E-state index contributed by atoms with van der Waals surface area (Å²) in [5.74, 6) is 0.922. The molecule has 0 fully saturated rings. The number of ether oxygens (including phenoxy) is 1. The Morgan fingerprint density at radius 1 is 0.655 bits per heavy atom. The molecular weight excluding hydrogens is 433 g/mol. The molecule has 0 aliphatic heterocycles.